The third kappa shape index (κ3) is 2.66. The van der Waals surface area contributed by atoms with E-state index in [9.17, 15) is 9.50 Å². The summed E-state index contributed by atoms with van der Waals surface area (Å²) in [6.07, 6.45) is 0.643. The Hall–Kier alpha value is -1.75. The van der Waals surface area contributed by atoms with Crippen LogP contribution in [0.5, 0.6) is 0 Å². The number of halogens is 1. The number of amidine groups is 1. The largest absolute Gasteiger partial charge is 0.391 e. The number of hydrogen-bond donors (Lipinski definition) is 1. The van der Waals surface area contributed by atoms with Crippen molar-refractivity contribution in [1.29, 1.82) is 0 Å². The number of alkyl halides is 1. The second-order valence-corrected chi connectivity index (χ2v) is 4.98. The molecule has 0 radical (unpaired) electrons. The SMILES string of the molecule is OC1CCN(C2=N[N+](Cc3ccccc3)=CC2F)C1. The van der Waals surface area contributed by atoms with Gasteiger partial charge in [0.15, 0.2) is 6.54 Å². The maximum atomic E-state index is 14.0. The van der Waals surface area contributed by atoms with Crippen LogP contribution in [0, 0.1) is 0 Å². The lowest BCUT2D eigenvalue weighted by Crippen LogP contribution is -2.35. The highest BCUT2D eigenvalue weighted by Crippen LogP contribution is 2.15. The zero-order valence-electron chi connectivity index (χ0n) is 10.6. The quantitative estimate of drug-likeness (QED) is 0.808. The maximum Gasteiger partial charge on any atom is 0.242 e. The van der Waals surface area contributed by atoms with Crippen LogP contribution in [0.15, 0.2) is 35.4 Å². The Balaban J connectivity index is 1.71. The van der Waals surface area contributed by atoms with Crippen molar-refractivity contribution in [1.82, 2.24) is 4.90 Å². The summed E-state index contributed by atoms with van der Waals surface area (Å²) in [5.74, 6) is 0.424. The topological polar surface area (TPSA) is 38.8 Å². The van der Waals surface area contributed by atoms with Crippen molar-refractivity contribution in [2.24, 2.45) is 5.10 Å². The highest BCUT2D eigenvalue weighted by molar-refractivity contribution is 6.00. The van der Waals surface area contributed by atoms with Gasteiger partial charge in [0.2, 0.25) is 18.2 Å². The molecule has 100 valence electrons. The molecule has 2 unspecified atom stereocenters. The summed E-state index contributed by atoms with van der Waals surface area (Å²) in [5.41, 5.74) is 1.09. The third-order valence-electron chi connectivity index (χ3n) is 3.46. The summed E-state index contributed by atoms with van der Waals surface area (Å²) < 4.78 is 15.6. The van der Waals surface area contributed by atoms with E-state index in [1.54, 1.807) is 4.68 Å². The van der Waals surface area contributed by atoms with Crippen LogP contribution < -0.4 is 0 Å². The third-order valence-corrected chi connectivity index (χ3v) is 3.46. The maximum absolute atomic E-state index is 14.0. The minimum atomic E-state index is -1.17. The molecule has 2 aliphatic rings. The molecule has 5 heteroatoms. The van der Waals surface area contributed by atoms with Gasteiger partial charge in [-0.05, 0) is 6.42 Å². The normalized spacial score (nSPS) is 26.5. The van der Waals surface area contributed by atoms with Gasteiger partial charge in [0.25, 0.3) is 0 Å². The Kier molecular flexibility index (Phi) is 3.29. The summed E-state index contributed by atoms with van der Waals surface area (Å²) >= 11 is 0. The van der Waals surface area contributed by atoms with Gasteiger partial charge in [-0.25, -0.2) is 4.39 Å². The lowest BCUT2D eigenvalue weighted by atomic mass is 10.2. The summed E-state index contributed by atoms with van der Waals surface area (Å²) in [4.78, 5) is 1.83. The van der Waals surface area contributed by atoms with Gasteiger partial charge in [-0.3, -0.25) is 0 Å². The fourth-order valence-electron chi connectivity index (χ4n) is 2.48. The van der Waals surface area contributed by atoms with Crippen molar-refractivity contribution < 1.29 is 14.2 Å². The molecular weight excluding hydrogens is 245 g/mol. The van der Waals surface area contributed by atoms with Gasteiger partial charge in [-0.2, -0.15) is 0 Å². The van der Waals surface area contributed by atoms with Crippen molar-refractivity contribution in [2.75, 3.05) is 13.1 Å². The van der Waals surface area contributed by atoms with Crippen LogP contribution >= 0.6 is 0 Å². The van der Waals surface area contributed by atoms with E-state index in [4.69, 9.17) is 0 Å². The molecular formula is C14H17FN3O+. The predicted molar refractivity (Wildman–Crippen MR) is 71.0 cm³/mol. The Bertz CT molecular complexity index is 515. The van der Waals surface area contributed by atoms with E-state index in [1.807, 2.05) is 35.2 Å². The van der Waals surface area contributed by atoms with Crippen molar-refractivity contribution in [2.45, 2.75) is 25.2 Å². The van der Waals surface area contributed by atoms with Gasteiger partial charge < -0.3 is 10.0 Å². The van der Waals surface area contributed by atoms with Gasteiger partial charge in [0.05, 0.1) is 6.10 Å². The highest BCUT2D eigenvalue weighted by Gasteiger charge is 2.35. The van der Waals surface area contributed by atoms with Crippen LogP contribution in [0.2, 0.25) is 0 Å². The first-order chi connectivity index (χ1) is 9.22. The zero-order valence-corrected chi connectivity index (χ0v) is 10.6. The smallest absolute Gasteiger partial charge is 0.242 e. The van der Waals surface area contributed by atoms with Crippen LogP contribution in [0.4, 0.5) is 4.39 Å². The van der Waals surface area contributed by atoms with E-state index >= 15 is 0 Å². The molecule has 0 saturated carbocycles. The molecule has 1 aromatic carbocycles. The van der Waals surface area contributed by atoms with Crippen molar-refractivity contribution in [3.05, 3.63) is 35.9 Å². The predicted octanol–water partition coefficient (Wildman–Crippen LogP) is 1.00. The van der Waals surface area contributed by atoms with Crippen molar-refractivity contribution in [3.8, 4) is 0 Å². The van der Waals surface area contributed by atoms with Crippen LogP contribution in [0.25, 0.3) is 0 Å². The summed E-state index contributed by atoms with van der Waals surface area (Å²) in [6, 6.07) is 9.86. The number of aliphatic hydroxyl groups excluding tert-OH is 1. The Morgan fingerprint density at radius 1 is 1.37 bits per heavy atom. The standard InChI is InChI=1S/C14H17FN3O/c15-13-10-18(8-11-4-2-1-3-5-11)16-14(13)17-7-6-12(19)9-17/h1-5,10,12-13,19H,6-9H2/q+1. The second-order valence-electron chi connectivity index (χ2n) is 4.98. The fourth-order valence-corrected chi connectivity index (χ4v) is 2.48. The van der Waals surface area contributed by atoms with Crippen LogP contribution in [-0.2, 0) is 6.54 Å². The Labute approximate surface area is 111 Å². The van der Waals surface area contributed by atoms with Crippen LogP contribution in [0.1, 0.15) is 12.0 Å². The number of hydrogen-bond acceptors (Lipinski definition) is 3. The van der Waals surface area contributed by atoms with Crippen molar-refractivity contribution >= 4 is 12.1 Å². The Morgan fingerprint density at radius 3 is 2.84 bits per heavy atom. The van der Waals surface area contributed by atoms with E-state index in [-0.39, 0.29) is 6.10 Å². The lowest BCUT2D eigenvalue weighted by molar-refractivity contribution is -0.543. The van der Waals surface area contributed by atoms with Gasteiger partial charge in [-0.15, -0.1) is 0 Å². The zero-order chi connectivity index (χ0) is 13.2. The fraction of sp³-hybridized carbons (Fsp3) is 0.429. The molecule has 2 heterocycles. The summed E-state index contributed by atoms with van der Waals surface area (Å²) in [5, 5.41) is 13.8. The van der Waals surface area contributed by atoms with E-state index < -0.39 is 6.17 Å². The first kappa shape index (κ1) is 12.3. The number of β-amino-alcohol motifs (C(OH)–C–C–N with tert-alkyl or cyclic N) is 1. The first-order valence-corrected chi connectivity index (χ1v) is 6.53. The highest BCUT2D eigenvalue weighted by atomic mass is 19.1. The van der Waals surface area contributed by atoms with Gasteiger partial charge in [0.1, 0.15) is 0 Å². The molecule has 1 aromatic rings. The average Bonchev–Trinajstić information content (AvgIpc) is 2.97. The first-order valence-electron chi connectivity index (χ1n) is 6.53. The lowest BCUT2D eigenvalue weighted by Gasteiger charge is -2.15. The average molecular weight is 262 g/mol. The molecule has 19 heavy (non-hydrogen) atoms. The van der Waals surface area contributed by atoms with Gasteiger partial charge in [-0.1, -0.05) is 35.0 Å². The number of rotatable bonds is 2. The number of aliphatic hydroxyl groups is 1. The molecule has 2 aliphatic heterocycles. The van der Waals surface area contributed by atoms with E-state index in [2.05, 4.69) is 5.10 Å². The molecule has 1 fully saturated rings. The molecule has 3 rings (SSSR count). The monoisotopic (exact) mass is 262 g/mol. The molecule has 4 nitrogen and oxygen atoms in total. The van der Waals surface area contributed by atoms with Gasteiger partial charge in [0, 0.05) is 23.8 Å². The second kappa shape index (κ2) is 5.09. The minimum absolute atomic E-state index is 0.363. The molecule has 2 atom stereocenters. The Morgan fingerprint density at radius 2 is 2.16 bits per heavy atom. The molecule has 0 bridgehead atoms. The number of benzene rings is 1. The number of hydrazone groups is 1. The molecule has 0 amide bonds. The molecule has 0 aromatic heterocycles. The molecule has 0 spiro atoms. The molecule has 0 aliphatic carbocycles. The van der Waals surface area contributed by atoms with Crippen LogP contribution in [0.3, 0.4) is 0 Å². The van der Waals surface area contributed by atoms with Crippen LogP contribution in [-0.4, -0.2) is 52.1 Å². The summed E-state index contributed by atoms with van der Waals surface area (Å²) in [7, 11) is 0. The molecule has 1 saturated heterocycles. The van der Waals surface area contributed by atoms with E-state index in [1.165, 1.54) is 6.21 Å². The van der Waals surface area contributed by atoms with E-state index in [0.29, 0.717) is 31.9 Å². The minimum Gasteiger partial charge on any atom is -0.391 e. The number of nitrogens with zero attached hydrogens (tertiary/aromatic N) is 3. The summed E-state index contributed by atoms with van der Waals surface area (Å²) in [6.45, 7) is 1.72. The van der Waals surface area contributed by atoms with E-state index in [0.717, 1.165) is 5.56 Å². The van der Waals surface area contributed by atoms with Gasteiger partial charge >= 0.3 is 0 Å². The number of likely N-dealkylation sites (tertiary alicyclic amines) is 1. The van der Waals surface area contributed by atoms with Crippen molar-refractivity contribution in [3.63, 3.8) is 0 Å². The molecule has 1 N–H and O–H groups in total.